The van der Waals surface area contributed by atoms with Gasteiger partial charge in [-0.05, 0) is 51.1 Å². The molecule has 2 N–H and O–H groups in total. The molecule has 0 aromatic heterocycles. The second kappa shape index (κ2) is 18.0. The van der Waals surface area contributed by atoms with Crippen molar-refractivity contribution >= 4 is 16.6 Å². The van der Waals surface area contributed by atoms with E-state index in [2.05, 4.69) is 26.2 Å². The highest BCUT2D eigenvalue weighted by molar-refractivity contribution is 6.84. The van der Waals surface area contributed by atoms with E-state index in [1.165, 1.54) is 0 Å². The number of rotatable bonds is 14. The van der Waals surface area contributed by atoms with Gasteiger partial charge < -0.3 is 23.8 Å². The molecule has 0 rings (SSSR count). The van der Waals surface area contributed by atoms with Crippen molar-refractivity contribution < 1.29 is 23.8 Å². The second-order valence-electron chi connectivity index (χ2n) is 6.50. The Morgan fingerprint density at radius 3 is 1.25 bits per heavy atom. The van der Waals surface area contributed by atoms with Crippen LogP contribution in [0.2, 0.25) is 38.3 Å². The van der Waals surface area contributed by atoms with Crippen LogP contribution in [0.25, 0.3) is 0 Å². The van der Waals surface area contributed by atoms with E-state index < -0.39 is 16.6 Å². The number of ether oxygens (including phenoxy) is 2. The van der Waals surface area contributed by atoms with Crippen LogP contribution in [0.4, 0.5) is 0 Å². The zero-order valence-electron chi connectivity index (χ0n) is 14.2. The minimum Gasteiger partial charge on any atom is -0.455 e. The molecule has 0 radical (unpaired) electrons. The summed E-state index contributed by atoms with van der Waals surface area (Å²) < 4.78 is 17.1. The smallest absolute Gasteiger partial charge is 0.173 e. The minimum atomic E-state index is -1.64. The van der Waals surface area contributed by atoms with E-state index in [1.54, 1.807) is 0 Å². The fraction of sp³-hybridized carbons (Fsp3) is 1.00. The van der Waals surface area contributed by atoms with E-state index in [0.717, 1.165) is 24.9 Å². The van der Waals surface area contributed by atoms with Gasteiger partial charge in [0.1, 0.15) is 0 Å². The van der Waals surface area contributed by atoms with Crippen molar-refractivity contribution in [1.82, 2.24) is 0 Å². The molecular weight excluding hydrogens is 340 g/mol. The van der Waals surface area contributed by atoms with E-state index in [9.17, 15) is 0 Å². The van der Waals surface area contributed by atoms with E-state index in [1.807, 2.05) is 0 Å². The molecule has 0 aliphatic carbocycles. The molecule has 0 amide bonds. The molecule has 0 heterocycles. The lowest BCUT2D eigenvalue weighted by Gasteiger charge is -2.34. The molecule has 0 fully saturated rings. The molecular formula is C17H46O5Si2. The van der Waals surface area contributed by atoms with Crippen LogP contribution in [0.5, 0.6) is 0 Å². The van der Waals surface area contributed by atoms with Crippen LogP contribution < -0.4 is 0 Å². The van der Waals surface area contributed by atoms with Gasteiger partial charge in [0.05, 0.1) is 26.4 Å². The summed E-state index contributed by atoms with van der Waals surface area (Å²) in [5.74, 6) is 0. The molecule has 5 nitrogen and oxygen atoms in total. The predicted molar refractivity (Wildman–Crippen MR) is 111 cm³/mol. The van der Waals surface area contributed by atoms with Crippen LogP contribution in [0.3, 0.4) is 0 Å². The summed E-state index contributed by atoms with van der Waals surface area (Å²) >= 11 is 0. The average Bonchev–Trinajstić information content (AvgIpc) is 2.36. The van der Waals surface area contributed by atoms with Crippen molar-refractivity contribution in [2.24, 2.45) is 0 Å². The lowest BCUT2D eigenvalue weighted by molar-refractivity contribution is 0.0920. The zero-order chi connectivity index (χ0) is 16.2. The van der Waals surface area contributed by atoms with E-state index >= 15 is 0 Å². The van der Waals surface area contributed by atoms with Gasteiger partial charge in [-0.25, -0.2) is 0 Å². The molecule has 0 aliphatic rings. The van der Waals surface area contributed by atoms with Crippen LogP contribution in [-0.2, 0) is 13.6 Å². The van der Waals surface area contributed by atoms with E-state index in [-0.39, 0.29) is 35.5 Å². The third kappa shape index (κ3) is 20.3. The van der Waals surface area contributed by atoms with Crippen LogP contribution in [0.1, 0.15) is 35.1 Å². The first-order valence-electron chi connectivity index (χ1n) is 7.90. The van der Waals surface area contributed by atoms with Crippen LogP contribution in [-0.4, -0.2) is 66.5 Å². The lowest BCUT2D eigenvalue weighted by atomic mass is 10.5. The van der Waals surface area contributed by atoms with Crippen LogP contribution >= 0.6 is 0 Å². The Labute approximate surface area is 154 Å². The van der Waals surface area contributed by atoms with Crippen molar-refractivity contribution in [3.05, 3.63) is 0 Å². The minimum absolute atomic E-state index is 0. The molecule has 7 heteroatoms. The molecule has 0 aromatic carbocycles. The Kier molecular flexibility index (Phi) is 24.0. The van der Waals surface area contributed by atoms with Crippen LogP contribution in [0, 0.1) is 0 Å². The van der Waals surface area contributed by atoms with E-state index in [0.29, 0.717) is 26.4 Å². The fourth-order valence-corrected chi connectivity index (χ4v) is 11.2. The van der Waals surface area contributed by atoms with Gasteiger partial charge in [0.25, 0.3) is 0 Å². The number of hydrogen-bond acceptors (Lipinski definition) is 5. The normalized spacial score (nSPS) is 11.2. The summed E-state index contributed by atoms with van der Waals surface area (Å²) in [4.78, 5) is 0. The fourth-order valence-electron chi connectivity index (χ4n) is 2.38. The van der Waals surface area contributed by atoms with E-state index in [4.69, 9.17) is 23.8 Å². The van der Waals surface area contributed by atoms with Gasteiger partial charge >= 0.3 is 0 Å². The Balaban J connectivity index is -0.000000667. The standard InChI is InChI=1S/C14H34O5Si2.3CH4/c1-20(2,13-5-9-17-11-7-15)19-21(3,4)14-6-10-18-12-8-16;;;/h15-16H,5-14H2,1-4H3;3*1H4. The van der Waals surface area contributed by atoms with Gasteiger partial charge in [0, 0.05) is 13.2 Å². The summed E-state index contributed by atoms with van der Waals surface area (Å²) in [6.45, 7) is 11.5. The topological polar surface area (TPSA) is 68.2 Å². The number of aliphatic hydroxyl groups excluding tert-OH is 2. The molecule has 0 atom stereocenters. The van der Waals surface area contributed by atoms with Gasteiger partial charge in [0.15, 0.2) is 16.6 Å². The molecule has 0 bridgehead atoms. The van der Waals surface area contributed by atoms with Gasteiger partial charge in [-0.15, -0.1) is 0 Å². The first-order valence-corrected chi connectivity index (χ1v) is 14.1. The maximum Gasteiger partial charge on any atom is 0.173 e. The quantitative estimate of drug-likeness (QED) is 0.347. The molecule has 0 aromatic rings. The largest absolute Gasteiger partial charge is 0.455 e. The monoisotopic (exact) mass is 386 g/mol. The SMILES string of the molecule is C.C.C.C[Si](C)(CCCOCCO)O[Si](C)(C)CCCOCCO. The van der Waals surface area contributed by atoms with Gasteiger partial charge in [-0.2, -0.15) is 0 Å². The van der Waals surface area contributed by atoms with Crippen molar-refractivity contribution in [3.63, 3.8) is 0 Å². The van der Waals surface area contributed by atoms with Crippen LogP contribution in [0.15, 0.2) is 0 Å². The molecule has 24 heavy (non-hydrogen) atoms. The summed E-state index contributed by atoms with van der Waals surface area (Å²) in [5.41, 5.74) is 0. The highest BCUT2D eigenvalue weighted by Crippen LogP contribution is 2.23. The van der Waals surface area contributed by atoms with Crippen molar-refractivity contribution in [2.45, 2.75) is 73.4 Å². The Bertz CT molecular complexity index is 227. The summed E-state index contributed by atoms with van der Waals surface area (Å²) in [6.07, 6.45) is 2.01. The molecule has 0 aliphatic heterocycles. The van der Waals surface area contributed by atoms with Crippen molar-refractivity contribution in [3.8, 4) is 0 Å². The molecule has 0 spiro atoms. The predicted octanol–water partition coefficient (Wildman–Crippen LogP) is 4.12. The van der Waals surface area contributed by atoms with Gasteiger partial charge in [0.2, 0.25) is 0 Å². The summed E-state index contributed by atoms with van der Waals surface area (Å²) in [7, 11) is -3.27. The second-order valence-corrected chi connectivity index (χ2v) is 15.4. The highest BCUT2D eigenvalue weighted by Gasteiger charge is 2.32. The third-order valence-electron chi connectivity index (χ3n) is 3.16. The summed E-state index contributed by atoms with van der Waals surface area (Å²) in [6, 6.07) is 2.19. The van der Waals surface area contributed by atoms with Crippen molar-refractivity contribution in [1.29, 1.82) is 0 Å². The number of hydrogen-bond donors (Lipinski definition) is 2. The molecule has 152 valence electrons. The average molecular weight is 387 g/mol. The molecule has 0 saturated carbocycles. The Morgan fingerprint density at radius 1 is 0.625 bits per heavy atom. The zero-order valence-corrected chi connectivity index (χ0v) is 16.2. The maximum absolute atomic E-state index is 8.66. The van der Waals surface area contributed by atoms with Gasteiger partial charge in [-0.1, -0.05) is 22.3 Å². The highest BCUT2D eigenvalue weighted by atomic mass is 28.4. The first kappa shape index (κ1) is 32.0. The number of aliphatic hydroxyl groups is 2. The third-order valence-corrected chi connectivity index (χ3v) is 10.7. The van der Waals surface area contributed by atoms with Gasteiger partial charge in [-0.3, -0.25) is 0 Å². The molecule has 0 saturated heterocycles. The molecule has 0 unspecified atom stereocenters. The van der Waals surface area contributed by atoms with Crippen molar-refractivity contribution in [2.75, 3.05) is 39.6 Å². The Hall–Kier alpha value is 0.234. The first-order chi connectivity index (χ1) is 9.83. The Morgan fingerprint density at radius 2 is 0.958 bits per heavy atom. The lowest BCUT2D eigenvalue weighted by Crippen LogP contribution is -2.44. The maximum atomic E-state index is 8.66. The summed E-state index contributed by atoms with van der Waals surface area (Å²) in [5, 5.41) is 17.3.